The standard InChI is InChI=1S/C15H24O2/c1-3-4-5-9-12-15(16,13-17-2)14-10-7-6-8-11-14/h6-8,10-11,16H,3-5,9,12-13H2,1-2H3. The predicted octanol–water partition coefficient (Wildman–Crippen LogP) is 3.49. The fourth-order valence-corrected chi connectivity index (χ4v) is 2.13. The molecule has 1 rings (SSSR count). The summed E-state index contributed by atoms with van der Waals surface area (Å²) in [6, 6.07) is 9.83. The van der Waals surface area contributed by atoms with E-state index in [1.165, 1.54) is 19.3 Å². The highest BCUT2D eigenvalue weighted by Gasteiger charge is 2.28. The highest BCUT2D eigenvalue weighted by molar-refractivity contribution is 5.22. The molecule has 0 spiro atoms. The van der Waals surface area contributed by atoms with Crippen LogP contribution in [0.1, 0.15) is 44.6 Å². The highest BCUT2D eigenvalue weighted by Crippen LogP contribution is 2.27. The van der Waals surface area contributed by atoms with E-state index in [1.54, 1.807) is 7.11 Å². The van der Waals surface area contributed by atoms with Crippen LogP contribution < -0.4 is 0 Å². The Morgan fingerprint density at radius 3 is 2.41 bits per heavy atom. The number of aliphatic hydroxyl groups is 1. The second kappa shape index (κ2) is 7.46. The molecule has 0 fully saturated rings. The Morgan fingerprint density at radius 2 is 1.82 bits per heavy atom. The first-order valence-corrected chi connectivity index (χ1v) is 6.50. The molecular formula is C15H24O2. The third-order valence-corrected chi connectivity index (χ3v) is 3.14. The van der Waals surface area contributed by atoms with Gasteiger partial charge in [0.2, 0.25) is 0 Å². The first-order valence-electron chi connectivity index (χ1n) is 6.50. The zero-order valence-electron chi connectivity index (χ0n) is 11.0. The molecule has 96 valence electrons. The van der Waals surface area contributed by atoms with Crippen LogP contribution in [0.2, 0.25) is 0 Å². The van der Waals surface area contributed by atoms with Crippen molar-refractivity contribution in [3.8, 4) is 0 Å². The first kappa shape index (κ1) is 14.2. The molecule has 1 aromatic rings. The maximum absolute atomic E-state index is 10.7. The van der Waals surface area contributed by atoms with E-state index in [9.17, 15) is 5.11 Å². The molecule has 2 heteroatoms. The number of methoxy groups -OCH3 is 1. The summed E-state index contributed by atoms with van der Waals surface area (Å²) in [4.78, 5) is 0. The van der Waals surface area contributed by atoms with Crippen molar-refractivity contribution in [2.24, 2.45) is 0 Å². The second-order valence-electron chi connectivity index (χ2n) is 4.64. The topological polar surface area (TPSA) is 29.5 Å². The van der Waals surface area contributed by atoms with E-state index in [1.807, 2.05) is 30.3 Å². The highest BCUT2D eigenvalue weighted by atomic mass is 16.5. The molecular weight excluding hydrogens is 212 g/mol. The number of ether oxygens (including phenoxy) is 1. The van der Waals surface area contributed by atoms with Crippen molar-refractivity contribution >= 4 is 0 Å². The van der Waals surface area contributed by atoms with Gasteiger partial charge in [-0.3, -0.25) is 0 Å². The Morgan fingerprint density at radius 1 is 1.12 bits per heavy atom. The Kier molecular flexibility index (Phi) is 6.23. The van der Waals surface area contributed by atoms with Crippen LogP contribution in [0.4, 0.5) is 0 Å². The molecule has 0 aliphatic carbocycles. The van der Waals surface area contributed by atoms with Crippen LogP contribution in [0.25, 0.3) is 0 Å². The summed E-state index contributed by atoms with van der Waals surface area (Å²) < 4.78 is 5.17. The zero-order chi connectivity index (χ0) is 12.6. The Hall–Kier alpha value is -0.860. The fourth-order valence-electron chi connectivity index (χ4n) is 2.13. The number of benzene rings is 1. The lowest BCUT2D eigenvalue weighted by Gasteiger charge is -2.28. The van der Waals surface area contributed by atoms with Crippen LogP contribution in [0.15, 0.2) is 30.3 Å². The van der Waals surface area contributed by atoms with Gasteiger partial charge in [-0.15, -0.1) is 0 Å². The van der Waals surface area contributed by atoms with Crippen molar-refractivity contribution in [1.29, 1.82) is 0 Å². The quantitative estimate of drug-likeness (QED) is 0.700. The van der Waals surface area contributed by atoms with Crippen LogP contribution in [0.5, 0.6) is 0 Å². The van der Waals surface area contributed by atoms with Gasteiger partial charge in [-0.25, -0.2) is 0 Å². The minimum atomic E-state index is -0.830. The molecule has 1 atom stereocenters. The maximum atomic E-state index is 10.7. The molecule has 0 saturated carbocycles. The molecule has 0 amide bonds. The summed E-state index contributed by atoms with van der Waals surface area (Å²) in [7, 11) is 1.64. The molecule has 0 heterocycles. The van der Waals surface area contributed by atoms with Crippen molar-refractivity contribution in [2.75, 3.05) is 13.7 Å². The maximum Gasteiger partial charge on any atom is 0.113 e. The average Bonchev–Trinajstić information content (AvgIpc) is 2.36. The molecule has 0 radical (unpaired) electrons. The predicted molar refractivity (Wildman–Crippen MR) is 71.0 cm³/mol. The van der Waals surface area contributed by atoms with Gasteiger partial charge in [0, 0.05) is 7.11 Å². The Labute approximate surface area is 105 Å². The summed E-state index contributed by atoms with van der Waals surface area (Å²) in [5.41, 5.74) is 0.127. The molecule has 1 aromatic carbocycles. The molecule has 0 aliphatic heterocycles. The van der Waals surface area contributed by atoms with Gasteiger partial charge in [0.1, 0.15) is 5.60 Å². The normalized spacial score (nSPS) is 14.5. The first-order chi connectivity index (χ1) is 8.23. The van der Waals surface area contributed by atoms with Crippen molar-refractivity contribution in [3.05, 3.63) is 35.9 Å². The summed E-state index contributed by atoms with van der Waals surface area (Å²) >= 11 is 0. The Balaban J connectivity index is 2.62. The minimum Gasteiger partial charge on any atom is -0.383 e. The molecule has 0 aromatic heterocycles. The molecule has 1 unspecified atom stereocenters. The van der Waals surface area contributed by atoms with E-state index in [0.29, 0.717) is 6.61 Å². The summed E-state index contributed by atoms with van der Waals surface area (Å²) in [5.74, 6) is 0. The number of hydrogen-bond donors (Lipinski definition) is 1. The second-order valence-corrected chi connectivity index (χ2v) is 4.64. The van der Waals surface area contributed by atoms with Gasteiger partial charge in [0.05, 0.1) is 6.61 Å². The van der Waals surface area contributed by atoms with E-state index in [-0.39, 0.29) is 0 Å². The summed E-state index contributed by atoms with van der Waals surface area (Å²) in [6.07, 6.45) is 5.44. The van der Waals surface area contributed by atoms with Crippen LogP contribution in [0, 0.1) is 0 Å². The molecule has 1 N–H and O–H groups in total. The fraction of sp³-hybridized carbons (Fsp3) is 0.600. The lowest BCUT2D eigenvalue weighted by Crippen LogP contribution is -2.31. The van der Waals surface area contributed by atoms with Crippen molar-refractivity contribution in [2.45, 2.75) is 44.6 Å². The lowest BCUT2D eigenvalue weighted by molar-refractivity contribution is -0.0437. The smallest absolute Gasteiger partial charge is 0.113 e. The van der Waals surface area contributed by atoms with E-state index >= 15 is 0 Å². The van der Waals surface area contributed by atoms with Crippen LogP contribution in [-0.2, 0) is 10.3 Å². The molecule has 0 aliphatic rings. The van der Waals surface area contributed by atoms with Gasteiger partial charge in [0.25, 0.3) is 0 Å². The van der Waals surface area contributed by atoms with Crippen molar-refractivity contribution < 1.29 is 9.84 Å². The number of unbranched alkanes of at least 4 members (excludes halogenated alkanes) is 3. The number of rotatable bonds is 8. The minimum absolute atomic E-state index is 0.364. The van der Waals surface area contributed by atoms with Gasteiger partial charge in [-0.1, -0.05) is 62.9 Å². The third-order valence-electron chi connectivity index (χ3n) is 3.14. The van der Waals surface area contributed by atoms with Crippen LogP contribution >= 0.6 is 0 Å². The van der Waals surface area contributed by atoms with E-state index < -0.39 is 5.60 Å². The Bertz CT molecular complexity index is 297. The molecule has 0 bridgehead atoms. The largest absolute Gasteiger partial charge is 0.383 e. The van der Waals surface area contributed by atoms with Crippen molar-refractivity contribution in [3.63, 3.8) is 0 Å². The number of hydrogen-bond acceptors (Lipinski definition) is 2. The van der Waals surface area contributed by atoms with Gasteiger partial charge in [-0.2, -0.15) is 0 Å². The van der Waals surface area contributed by atoms with Gasteiger partial charge in [-0.05, 0) is 12.0 Å². The van der Waals surface area contributed by atoms with Gasteiger partial charge < -0.3 is 9.84 Å². The van der Waals surface area contributed by atoms with Gasteiger partial charge >= 0.3 is 0 Å². The molecule has 2 nitrogen and oxygen atoms in total. The monoisotopic (exact) mass is 236 g/mol. The van der Waals surface area contributed by atoms with Crippen molar-refractivity contribution in [1.82, 2.24) is 0 Å². The molecule has 17 heavy (non-hydrogen) atoms. The lowest BCUT2D eigenvalue weighted by atomic mass is 9.89. The van der Waals surface area contributed by atoms with Gasteiger partial charge in [0.15, 0.2) is 0 Å². The third kappa shape index (κ3) is 4.49. The molecule has 0 saturated heterocycles. The SMILES string of the molecule is CCCCCCC(O)(COC)c1ccccc1. The van der Waals surface area contributed by atoms with E-state index in [0.717, 1.165) is 18.4 Å². The summed E-state index contributed by atoms with van der Waals surface area (Å²) in [6.45, 7) is 2.56. The zero-order valence-corrected chi connectivity index (χ0v) is 11.0. The van der Waals surface area contributed by atoms with Crippen LogP contribution in [-0.4, -0.2) is 18.8 Å². The van der Waals surface area contributed by atoms with E-state index in [4.69, 9.17) is 4.74 Å². The van der Waals surface area contributed by atoms with E-state index in [2.05, 4.69) is 6.92 Å². The van der Waals surface area contributed by atoms with Crippen LogP contribution in [0.3, 0.4) is 0 Å². The summed E-state index contributed by atoms with van der Waals surface area (Å²) in [5, 5.41) is 10.7. The average molecular weight is 236 g/mol.